The van der Waals surface area contributed by atoms with Crippen molar-refractivity contribution in [2.75, 3.05) is 13.1 Å². The van der Waals surface area contributed by atoms with Crippen molar-refractivity contribution in [2.24, 2.45) is 0 Å². The van der Waals surface area contributed by atoms with Crippen molar-refractivity contribution in [3.05, 3.63) is 53.5 Å². The monoisotopic (exact) mass is 304 g/mol. The van der Waals surface area contributed by atoms with Crippen LogP contribution >= 0.6 is 0 Å². The summed E-state index contributed by atoms with van der Waals surface area (Å²) in [7, 11) is 0. The standard InChI is InChI=1S/C18H28N2O2/c1-4-7-8-9-12-20-15-18(22)17(21)13-16(20)14-19(10-5-2)11-6-3/h5-6,13,15,22H,2-4,7-12,14H2,1H3. The highest BCUT2D eigenvalue weighted by molar-refractivity contribution is 5.20. The van der Waals surface area contributed by atoms with Crippen molar-refractivity contribution < 1.29 is 5.11 Å². The van der Waals surface area contributed by atoms with E-state index < -0.39 is 0 Å². The van der Waals surface area contributed by atoms with Crippen LogP contribution in [-0.4, -0.2) is 27.7 Å². The number of aromatic hydroxyl groups is 1. The lowest BCUT2D eigenvalue weighted by Gasteiger charge is -2.22. The van der Waals surface area contributed by atoms with Gasteiger partial charge in [0.25, 0.3) is 0 Å². The van der Waals surface area contributed by atoms with Crippen molar-refractivity contribution in [1.29, 1.82) is 0 Å². The Balaban J connectivity index is 2.89. The fourth-order valence-corrected chi connectivity index (χ4v) is 2.45. The van der Waals surface area contributed by atoms with E-state index in [0.29, 0.717) is 6.54 Å². The Labute approximate surface area is 133 Å². The molecule has 0 aromatic carbocycles. The SMILES string of the molecule is C=CCN(CC=C)Cc1cc(=O)c(O)cn1CCCCCC. The molecule has 0 aliphatic heterocycles. The lowest BCUT2D eigenvalue weighted by atomic mass is 10.2. The molecular weight excluding hydrogens is 276 g/mol. The van der Waals surface area contributed by atoms with Gasteiger partial charge in [-0.2, -0.15) is 0 Å². The van der Waals surface area contributed by atoms with Gasteiger partial charge in [-0.05, 0) is 6.42 Å². The summed E-state index contributed by atoms with van der Waals surface area (Å²) in [5.41, 5.74) is 0.597. The minimum absolute atomic E-state index is 0.182. The molecule has 1 aromatic heterocycles. The first-order valence-electron chi connectivity index (χ1n) is 7.98. The Morgan fingerprint density at radius 1 is 1.23 bits per heavy atom. The Bertz CT molecular complexity index is 524. The second-order valence-corrected chi connectivity index (χ2v) is 5.54. The van der Waals surface area contributed by atoms with Gasteiger partial charge in [0.2, 0.25) is 5.43 Å². The number of unbranched alkanes of at least 4 members (excludes halogenated alkanes) is 3. The molecule has 1 N–H and O–H groups in total. The molecule has 22 heavy (non-hydrogen) atoms. The maximum atomic E-state index is 11.7. The maximum Gasteiger partial charge on any atom is 0.223 e. The van der Waals surface area contributed by atoms with Gasteiger partial charge in [0.15, 0.2) is 5.75 Å². The van der Waals surface area contributed by atoms with Gasteiger partial charge < -0.3 is 9.67 Å². The van der Waals surface area contributed by atoms with Crippen molar-refractivity contribution in [3.8, 4) is 5.75 Å². The smallest absolute Gasteiger partial charge is 0.223 e. The number of hydrogen-bond donors (Lipinski definition) is 1. The molecule has 0 unspecified atom stereocenters. The van der Waals surface area contributed by atoms with Crippen molar-refractivity contribution in [1.82, 2.24) is 9.47 Å². The van der Waals surface area contributed by atoms with Crippen molar-refractivity contribution in [3.63, 3.8) is 0 Å². The zero-order valence-electron chi connectivity index (χ0n) is 13.6. The third-order valence-electron chi connectivity index (χ3n) is 3.61. The second kappa shape index (κ2) is 10.0. The molecule has 1 heterocycles. The normalized spacial score (nSPS) is 10.8. The summed E-state index contributed by atoms with van der Waals surface area (Å²) in [6.07, 6.45) is 9.85. The van der Waals surface area contributed by atoms with E-state index in [1.807, 2.05) is 16.7 Å². The summed E-state index contributed by atoms with van der Waals surface area (Å²) in [6, 6.07) is 1.54. The lowest BCUT2D eigenvalue weighted by molar-refractivity contribution is 0.314. The van der Waals surface area contributed by atoms with E-state index in [-0.39, 0.29) is 11.2 Å². The van der Waals surface area contributed by atoms with Gasteiger partial charge in [-0.1, -0.05) is 38.3 Å². The summed E-state index contributed by atoms with van der Waals surface area (Å²) in [4.78, 5) is 13.9. The predicted octanol–water partition coefficient (Wildman–Crippen LogP) is 3.31. The first kappa shape index (κ1) is 18.2. The third-order valence-corrected chi connectivity index (χ3v) is 3.61. The molecule has 0 amide bonds. The molecule has 0 saturated heterocycles. The Kier molecular flexibility index (Phi) is 8.30. The quantitative estimate of drug-likeness (QED) is 0.504. The highest BCUT2D eigenvalue weighted by atomic mass is 16.3. The van der Waals surface area contributed by atoms with Crippen LogP contribution in [0.3, 0.4) is 0 Å². The molecule has 0 atom stereocenters. The third kappa shape index (κ3) is 5.90. The van der Waals surface area contributed by atoms with Crippen LogP contribution in [0, 0.1) is 0 Å². The molecular formula is C18H28N2O2. The van der Waals surface area contributed by atoms with E-state index in [1.165, 1.54) is 18.9 Å². The highest BCUT2D eigenvalue weighted by Crippen LogP contribution is 2.11. The Morgan fingerprint density at radius 2 is 1.91 bits per heavy atom. The van der Waals surface area contributed by atoms with E-state index in [1.54, 1.807) is 6.20 Å². The molecule has 0 aliphatic rings. The number of pyridine rings is 1. The molecule has 4 nitrogen and oxygen atoms in total. The van der Waals surface area contributed by atoms with E-state index in [9.17, 15) is 9.90 Å². The maximum absolute atomic E-state index is 11.7. The van der Waals surface area contributed by atoms with Gasteiger partial charge in [0, 0.05) is 37.9 Å². The summed E-state index contributed by atoms with van der Waals surface area (Å²) in [6.45, 7) is 12.6. The predicted molar refractivity (Wildman–Crippen MR) is 92.2 cm³/mol. The topological polar surface area (TPSA) is 45.5 Å². The molecule has 122 valence electrons. The average Bonchev–Trinajstić information content (AvgIpc) is 2.48. The van der Waals surface area contributed by atoms with Crippen LogP contribution in [0.5, 0.6) is 5.75 Å². The van der Waals surface area contributed by atoms with Gasteiger partial charge in [-0.3, -0.25) is 9.69 Å². The number of rotatable bonds is 11. The van der Waals surface area contributed by atoms with Crippen LogP contribution in [0.25, 0.3) is 0 Å². The molecule has 0 radical (unpaired) electrons. The van der Waals surface area contributed by atoms with Crippen LogP contribution in [0.1, 0.15) is 38.3 Å². The van der Waals surface area contributed by atoms with Gasteiger partial charge in [-0.25, -0.2) is 0 Å². The molecule has 0 fully saturated rings. The molecule has 1 aromatic rings. The van der Waals surface area contributed by atoms with Crippen LogP contribution < -0.4 is 5.43 Å². The minimum Gasteiger partial charge on any atom is -0.503 e. The van der Waals surface area contributed by atoms with Crippen LogP contribution in [0.2, 0.25) is 0 Å². The molecule has 0 aliphatic carbocycles. The molecule has 0 saturated carbocycles. The van der Waals surface area contributed by atoms with E-state index >= 15 is 0 Å². The number of aryl methyl sites for hydroxylation is 1. The van der Waals surface area contributed by atoms with E-state index in [4.69, 9.17) is 0 Å². The molecule has 0 spiro atoms. The summed E-state index contributed by atoms with van der Waals surface area (Å²) < 4.78 is 1.99. The average molecular weight is 304 g/mol. The summed E-state index contributed by atoms with van der Waals surface area (Å²) >= 11 is 0. The van der Waals surface area contributed by atoms with Crippen molar-refractivity contribution in [2.45, 2.75) is 45.7 Å². The van der Waals surface area contributed by atoms with Crippen LogP contribution in [-0.2, 0) is 13.1 Å². The summed E-state index contributed by atoms with van der Waals surface area (Å²) in [5, 5.41) is 9.69. The molecule has 1 rings (SSSR count). The van der Waals surface area contributed by atoms with Gasteiger partial charge in [-0.15, -0.1) is 13.2 Å². The van der Waals surface area contributed by atoms with Gasteiger partial charge >= 0.3 is 0 Å². The first-order chi connectivity index (χ1) is 10.6. The fraction of sp³-hybridized carbons (Fsp3) is 0.500. The van der Waals surface area contributed by atoms with Crippen LogP contribution in [0.4, 0.5) is 0 Å². The molecule has 0 bridgehead atoms. The minimum atomic E-state index is -0.322. The van der Waals surface area contributed by atoms with Gasteiger partial charge in [0.05, 0.1) is 6.20 Å². The fourth-order valence-electron chi connectivity index (χ4n) is 2.45. The zero-order valence-corrected chi connectivity index (χ0v) is 13.6. The van der Waals surface area contributed by atoms with Gasteiger partial charge in [0.1, 0.15) is 0 Å². The first-order valence-corrected chi connectivity index (χ1v) is 7.98. The number of aromatic nitrogens is 1. The highest BCUT2D eigenvalue weighted by Gasteiger charge is 2.09. The number of nitrogens with zero attached hydrogens (tertiary/aromatic N) is 2. The zero-order chi connectivity index (χ0) is 16.4. The summed E-state index contributed by atoms with van der Waals surface area (Å²) in [5.74, 6) is -0.182. The Hall–Kier alpha value is -1.81. The van der Waals surface area contributed by atoms with E-state index in [2.05, 4.69) is 25.0 Å². The van der Waals surface area contributed by atoms with Crippen LogP contribution in [0.15, 0.2) is 42.4 Å². The lowest BCUT2D eigenvalue weighted by Crippen LogP contribution is -2.26. The largest absolute Gasteiger partial charge is 0.503 e. The van der Waals surface area contributed by atoms with E-state index in [0.717, 1.165) is 38.2 Å². The molecule has 4 heteroatoms. The second-order valence-electron chi connectivity index (χ2n) is 5.54. The van der Waals surface area contributed by atoms with Crippen molar-refractivity contribution >= 4 is 0 Å². The Morgan fingerprint density at radius 3 is 2.50 bits per heavy atom. The number of hydrogen-bond acceptors (Lipinski definition) is 3.